The molecule has 1 saturated heterocycles. The van der Waals surface area contributed by atoms with Gasteiger partial charge in [-0.05, 0) is 30.5 Å². The molecule has 0 saturated carbocycles. The van der Waals surface area contributed by atoms with Crippen molar-refractivity contribution in [1.82, 2.24) is 9.29 Å². The molecule has 9 heteroatoms. The molecule has 0 bridgehead atoms. The Balaban J connectivity index is 1.61. The highest BCUT2D eigenvalue weighted by Crippen LogP contribution is 2.24. The zero-order chi connectivity index (χ0) is 18.7. The lowest BCUT2D eigenvalue weighted by molar-refractivity contribution is -0.120. The molecule has 2 heterocycles. The van der Waals surface area contributed by atoms with Crippen molar-refractivity contribution in [2.75, 3.05) is 24.7 Å². The van der Waals surface area contributed by atoms with Crippen molar-refractivity contribution in [3.63, 3.8) is 0 Å². The molecule has 2 aromatic rings. The molecule has 1 aliphatic rings. The molecule has 0 radical (unpaired) electrons. The molecular formula is C17H20FN3O3S2. The summed E-state index contributed by atoms with van der Waals surface area (Å²) in [6, 6.07) is 6.36. The Labute approximate surface area is 156 Å². The molecule has 26 heavy (non-hydrogen) atoms. The van der Waals surface area contributed by atoms with Crippen LogP contribution >= 0.6 is 11.3 Å². The van der Waals surface area contributed by atoms with Crippen molar-refractivity contribution in [3.8, 4) is 0 Å². The average molecular weight is 397 g/mol. The topological polar surface area (TPSA) is 79.4 Å². The summed E-state index contributed by atoms with van der Waals surface area (Å²) < 4.78 is 37.9. The second kappa shape index (κ2) is 7.81. The summed E-state index contributed by atoms with van der Waals surface area (Å²) in [5.74, 6) is -0.882. The maximum absolute atomic E-state index is 13.3. The SMILES string of the molecule is CS(=O)(=O)N1CCCC(C(=O)Nc2ncc(Cc3cccc(F)c3)s2)C1. The Morgan fingerprint density at radius 1 is 1.46 bits per heavy atom. The van der Waals surface area contributed by atoms with Crippen LogP contribution in [-0.2, 0) is 21.2 Å². The summed E-state index contributed by atoms with van der Waals surface area (Å²) in [7, 11) is -3.29. The zero-order valence-corrected chi connectivity index (χ0v) is 15.9. The molecule has 1 aromatic heterocycles. The largest absolute Gasteiger partial charge is 0.302 e. The first-order chi connectivity index (χ1) is 12.3. The van der Waals surface area contributed by atoms with Gasteiger partial charge in [0.25, 0.3) is 0 Å². The quantitative estimate of drug-likeness (QED) is 0.841. The lowest BCUT2D eigenvalue weighted by Gasteiger charge is -2.29. The number of nitrogens with one attached hydrogen (secondary N) is 1. The van der Waals surface area contributed by atoms with Crippen LogP contribution in [0.25, 0.3) is 0 Å². The van der Waals surface area contributed by atoms with E-state index in [4.69, 9.17) is 0 Å². The summed E-state index contributed by atoms with van der Waals surface area (Å²) in [5.41, 5.74) is 0.836. The van der Waals surface area contributed by atoms with Crippen molar-refractivity contribution in [2.24, 2.45) is 5.92 Å². The summed E-state index contributed by atoms with van der Waals surface area (Å²) in [6.07, 6.45) is 4.67. The van der Waals surface area contributed by atoms with E-state index in [9.17, 15) is 17.6 Å². The number of amides is 1. The molecule has 1 aliphatic heterocycles. The van der Waals surface area contributed by atoms with Gasteiger partial charge in [0.2, 0.25) is 15.9 Å². The number of halogens is 1. The number of aromatic nitrogens is 1. The first-order valence-corrected chi connectivity index (χ1v) is 10.9. The smallest absolute Gasteiger partial charge is 0.230 e. The fourth-order valence-corrected chi connectivity index (χ4v) is 4.72. The standard InChI is InChI=1S/C17H20FN3O3S2/c1-26(23,24)21-7-3-5-13(11-21)16(22)20-17-19-10-15(25-17)9-12-4-2-6-14(18)8-12/h2,4,6,8,10,13H,3,5,7,9,11H2,1H3,(H,19,20,22). The van der Waals surface area contributed by atoms with Gasteiger partial charge in [-0.3, -0.25) is 4.79 Å². The number of benzene rings is 1. The molecule has 1 fully saturated rings. The molecule has 1 atom stereocenters. The van der Waals surface area contributed by atoms with Crippen LogP contribution in [0, 0.1) is 11.7 Å². The first kappa shape index (κ1) is 18.9. The first-order valence-electron chi connectivity index (χ1n) is 8.26. The van der Waals surface area contributed by atoms with E-state index in [1.165, 1.54) is 27.8 Å². The van der Waals surface area contributed by atoms with E-state index in [2.05, 4.69) is 10.3 Å². The highest BCUT2D eigenvalue weighted by Gasteiger charge is 2.30. The van der Waals surface area contributed by atoms with E-state index < -0.39 is 10.0 Å². The summed E-state index contributed by atoms with van der Waals surface area (Å²) in [4.78, 5) is 17.5. The van der Waals surface area contributed by atoms with Gasteiger partial charge in [-0.25, -0.2) is 22.1 Å². The highest BCUT2D eigenvalue weighted by molar-refractivity contribution is 7.88. The van der Waals surface area contributed by atoms with Crippen molar-refractivity contribution in [3.05, 3.63) is 46.7 Å². The molecule has 3 rings (SSSR count). The van der Waals surface area contributed by atoms with Crippen LogP contribution in [0.4, 0.5) is 9.52 Å². The van der Waals surface area contributed by atoms with E-state index >= 15 is 0 Å². The van der Waals surface area contributed by atoms with Gasteiger partial charge in [0.15, 0.2) is 5.13 Å². The van der Waals surface area contributed by atoms with E-state index in [1.54, 1.807) is 12.3 Å². The Morgan fingerprint density at radius 2 is 2.27 bits per heavy atom. The van der Waals surface area contributed by atoms with Crippen molar-refractivity contribution < 1.29 is 17.6 Å². The van der Waals surface area contributed by atoms with E-state index in [0.717, 1.165) is 16.7 Å². The van der Waals surface area contributed by atoms with Crippen LogP contribution in [-0.4, -0.2) is 43.0 Å². The van der Waals surface area contributed by atoms with Gasteiger partial charge in [0.05, 0.1) is 12.2 Å². The maximum Gasteiger partial charge on any atom is 0.230 e. The number of piperidine rings is 1. The van der Waals surface area contributed by atoms with Gasteiger partial charge in [-0.2, -0.15) is 0 Å². The number of anilines is 1. The Hall–Kier alpha value is -1.84. The number of rotatable bonds is 5. The predicted octanol–water partition coefficient (Wildman–Crippen LogP) is 2.48. The zero-order valence-electron chi connectivity index (χ0n) is 14.3. The van der Waals surface area contributed by atoms with Crippen LogP contribution < -0.4 is 5.32 Å². The molecule has 0 aliphatic carbocycles. The Kier molecular flexibility index (Phi) is 5.69. The molecule has 1 N–H and O–H groups in total. The molecule has 1 amide bonds. The predicted molar refractivity (Wildman–Crippen MR) is 99.1 cm³/mol. The number of sulfonamides is 1. The van der Waals surface area contributed by atoms with E-state index in [0.29, 0.717) is 30.9 Å². The number of nitrogens with zero attached hydrogens (tertiary/aromatic N) is 2. The summed E-state index contributed by atoms with van der Waals surface area (Å²) in [6.45, 7) is 0.657. The van der Waals surface area contributed by atoms with Crippen LogP contribution in [0.15, 0.2) is 30.5 Å². The van der Waals surface area contributed by atoms with Crippen molar-refractivity contribution >= 4 is 32.4 Å². The lowest BCUT2D eigenvalue weighted by atomic mass is 9.99. The van der Waals surface area contributed by atoms with Gasteiger partial charge >= 0.3 is 0 Å². The maximum atomic E-state index is 13.3. The van der Waals surface area contributed by atoms with E-state index in [1.807, 2.05) is 6.07 Å². The lowest BCUT2D eigenvalue weighted by Crippen LogP contribution is -2.43. The molecule has 1 unspecified atom stereocenters. The van der Waals surface area contributed by atoms with Crippen molar-refractivity contribution in [2.45, 2.75) is 19.3 Å². The fourth-order valence-electron chi connectivity index (χ4n) is 2.96. The molecule has 6 nitrogen and oxygen atoms in total. The van der Waals surface area contributed by atoms with Gasteiger partial charge in [-0.1, -0.05) is 12.1 Å². The molecule has 1 aromatic carbocycles. The minimum absolute atomic E-state index is 0.201. The molecule has 0 spiro atoms. The monoisotopic (exact) mass is 397 g/mol. The highest BCUT2D eigenvalue weighted by atomic mass is 32.2. The molecular weight excluding hydrogens is 377 g/mol. The van der Waals surface area contributed by atoms with Gasteiger partial charge < -0.3 is 5.32 Å². The van der Waals surface area contributed by atoms with E-state index in [-0.39, 0.29) is 24.2 Å². The molecule has 140 valence electrons. The number of hydrogen-bond donors (Lipinski definition) is 1. The number of carbonyl (C=O) groups excluding carboxylic acids is 1. The van der Waals surface area contributed by atoms with Crippen LogP contribution in [0.5, 0.6) is 0 Å². The second-order valence-electron chi connectivity index (χ2n) is 6.39. The Morgan fingerprint density at radius 3 is 3.00 bits per heavy atom. The minimum atomic E-state index is -3.29. The normalized spacial score (nSPS) is 18.6. The fraction of sp³-hybridized carbons (Fsp3) is 0.412. The van der Waals surface area contributed by atoms with Crippen LogP contribution in [0.3, 0.4) is 0 Å². The van der Waals surface area contributed by atoms with Gasteiger partial charge in [-0.15, -0.1) is 11.3 Å². The van der Waals surface area contributed by atoms with Crippen LogP contribution in [0.2, 0.25) is 0 Å². The minimum Gasteiger partial charge on any atom is -0.302 e. The van der Waals surface area contributed by atoms with Gasteiger partial charge in [0, 0.05) is 30.6 Å². The third-order valence-electron chi connectivity index (χ3n) is 4.28. The van der Waals surface area contributed by atoms with Crippen LogP contribution in [0.1, 0.15) is 23.3 Å². The third-order valence-corrected chi connectivity index (χ3v) is 6.46. The van der Waals surface area contributed by atoms with Gasteiger partial charge in [0.1, 0.15) is 5.82 Å². The summed E-state index contributed by atoms with van der Waals surface area (Å²) >= 11 is 1.33. The number of thiazole rings is 1. The Bertz CT molecular complexity index is 898. The number of carbonyl (C=O) groups is 1. The third kappa shape index (κ3) is 4.87. The van der Waals surface area contributed by atoms with Crippen molar-refractivity contribution in [1.29, 1.82) is 0 Å². The second-order valence-corrected chi connectivity index (χ2v) is 9.49. The average Bonchev–Trinajstić information content (AvgIpc) is 3.01. The number of hydrogen-bond acceptors (Lipinski definition) is 5. The summed E-state index contributed by atoms with van der Waals surface area (Å²) in [5, 5.41) is 3.24.